The lowest BCUT2D eigenvalue weighted by Crippen LogP contribution is -2.22. The van der Waals surface area contributed by atoms with Gasteiger partial charge in [0.25, 0.3) is 5.91 Å². The first kappa shape index (κ1) is 20.6. The van der Waals surface area contributed by atoms with Gasteiger partial charge in [-0.1, -0.05) is 47.7 Å². The Morgan fingerprint density at radius 1 is 0.966 bits per heavy atom. The van der Waals surface area contributed by atoms with Gasteiger partial charge in [0.05, 0.1) is 5.56 Å². The van der Waals surface area contributed by atoms with E-state index in [1.54, 1.807) is 18.3 Å². The molecule has 1 heterocycles. The number of hydrogen-bond acceptors (Lipinski definition) is 5. The summed E-state index contributed by atoms with van der Waals surface area (Å²) in [6, 6.07) is 17.0. The molecule has 0 aliphatic carbocycles. The molecular formula is C23H22N2O3S. The number of esters is 1. The second kappa shape index (κ2) is 9.39. The van der Waals surface area contributed by atoms with Crippen molar-refractivity contribution in [3.8, 4) is 0 Å². The summed E-state index contributed by atoms with van der Waals surface area (Å²) in [5.41, 5.74) is 4.14. The third-order valence-electron chi connectivity index (χ3n) is 4.31. The summed E-state index contributed by atoms with van der Waals surface area (Å²) in [7, 11) is 0. The molecule has 0 saturated heterocycles. The van der Waals surface area contributed by atoms with Crippen molar-refractivity contribution in [2.45, 2.75) is 30.7 Å². The molecule has 1 N–H and O–H groups in total. The Bertz CT molecular complexity index is 1010. The first-order valence-electron chi connectivity index (χ1n) is 9.17. The van der Waals surface area contributed by atoms with E-state index in [2.05, 4.69) is 10.3 Å². The number of amides is 1. The molecular weight excluding hydrogens is 384 g/mol. The summed E-state index contributed by atoms with van der Waals surface area (Å²) < 4.78 is 5.23. The topological polar surface area (TPSA) is 68.3 Å². The lowest BCUT2D eigenvalue weighted by atomic mass is 10.1. The molecule has 0 unspecified atom stereocenters. The fourth-order valence-corrected chi connectivity index (χ4v) is 3.61. The minimum absolute atomic E-state index is 0.331. The highest BCUT2D eigenvalue weighted by Gasteiger charge is 2.17. The van der Waals surface area contributed by atoms with Crippen molar-refractivity contribution in [1.82, 2.24) is 4.98 Å². The van der Waals surface area contributed by atoms with Crippen LogP contribution in [0.1, 0.15) is 27.0 Å². The minimum Gasteiger partial charge on any atom is -0.452 e. The van der Waals surface area contributed by atoms with Crippen LogP contribution in [0, 0.1) is 20.8 Å². The zero-order valence-corrected chi connectivity index (χ0v) is 17.4. The molecule has 0 saturated carbocycles. The number of anilines is 1. The Kier molecular flexibility index (Phi) is 6.67. The molecule has 148 valence electrons. The molecule has 3 rings (SSSR count). The number of carbonyl (C=O) groups excluding carboxylic acids is 2. The van der Waals surface area contributed by atoms with Crippen LogP contribution in [0.4, 0.5) is 5.69 Å². The summed E-state index contributed by atoms with van der Waals surface area (Å²) in [6.45, 7) is 5.48. The van der Waals surface area contributed by atoms with E-state index in [4.69, 9.17) is 4.74 Å². The molecule has 0 radical (unpaired) electrons. The molecule has 1 aromatic heterocycles. The number of benzene rings is 2. The van der Waals surface area contributed by atoms with Crippen molar-refractivity contribution >= 4 is 29.3 Å². The first-order valence-corrected chi connectivity index (χ1v) is 9.98. The van der Waals surface area contributed by atoms with Crippen molar-refractivity contribution in [2.24, 2.45) is 0 Å². The number of pyridine rings is 1. The van der Waals surface area contributed by atoms with E-state index in [1.165, 1.54) is 11.8 Å². The number of ether oxygens (including phenoxy) is 1. The normalized spacial score (nSPS) is 10.4. The maximum atomic E-state index is 12.5. The average molecular weight is 407 g/mol. The van der Waals surface area contributed by atoms with E-state index in [0.717, 1.165) is 27.3 Å². The molecule has 1 amide bonds. The van der Waals surface area contributed by atoms with Crippen LogP contribution in [0.15, 0.2) is 70.7 Å². The molecule has 29 heavy (non-hydrogen) atoms. The maximum Gasteiger partial charge on any atom is 0.341 e. The largest absolute Gasteiger partial charge is 0.452 e. The van der Waals surface area contributed by atoms with E-state index >= 15 is 0 Å². The predicted molar refractivity (Wildman–Crippen MR) is 114 cm³/mol. The van der Waals surface area contributed by atoms with Crippen LogP contribution < -0.4 is 5.32 Å². The Morgan fingerprint density at radius 2 is 1.66 bits per heavy atom. The summed E-state index contributed by atoms with van der Waals surface area (Å²) in [6.07, 6.45) is 1.63. The number of nitrogens with zero attached hydrogens (tertiary/aromatic N) is 1. The summed E-state index contributed by atoms with van der Waals surface area (Å²) in [5, 5.41) is 3.35. The number of rotatable bonds is 6. The van der Waals surface area contributed by atoms with Crippen molar-refractivity contribution in [2.75, 3.05) is 11.9 Å². The van der Waals surface area contributed by atoms with Crippen molar-refractivity contribution in [1.29, 1.82) is 0 Å². The second-order valence-corrected chi connectivity index (χ2v) is 7.72. The molecule has 0 atom stereocenters. The van der Waals surface area contributed by atoms with Crippen LogP contribution in [-0.2, 0) is 9.53 Å². The summed E-state index contributed by atoms with van der Waals surface area (Å²) in [5.74, 6) is -0.961. The Morgan fingerprint density at radius 3 is 2.34 bits per heavy atom. The van der Waals surface area contributed by atoms with E-state index in [0.29, 0.717) is 10.6 Å². The van der Waals surface area contributed by atoms with Gasteiger partial charge in [-0.15, -0.1) is 0 Å². The molecule has 0 aliphatic heterocycles. The zero-order valence-electron chi connectivity index (χ0n) is 16.6. The second-order valence-electron chi connectivity index (χ2n) is 6.66. The number of aryl methyl sites for hydroxylation is 3. The highest BCUT2D eigenvalue weighted by molar-refractivity contribution is 7.99. The number of nitrogens with one attached hydrogen (secondary N) is 1. The highest BCUT2D eigenvalue weighted by Crippen LogP contribution is 2.29. The standard InChI is InChI=1S/C23H22N2O3S/c1-15-9-11-18(12-10-15)29-22-19(8-5-13-24-22)23(27)28-14-20(26)25-21-16(2)6-4-7-17(21)3/h4-13H,14H2,1-3H3,(H,25,26). The lowest BCUT2D eigenvalue weighted by Gasteiger charge is -2.12. The van der Waals surface area contributed by atoms with Gasteiger partial charge in [0.1, 0.15) is 5.03 Å². The fourth-order valence-electron chi connectivity index (χ4n) is 2.74. The minimum atomic E-state index is -0.579. The van der Waals surface area contributed by atoms with Crippen molar-refractivity contribution in [3.63, 3.8) is 0 Å². The smallest absolute Gasteiger partial charge is 0.341 e. The highest BCUT2D eigenvalue weighted by atomic mass is 32.2. The van der Waals surface area contributed by atoms with Gasteiger partial charge in [0, 0.05) is 16.8 Å². The van der Waals surface area contributed by atoms with Crippen molar-refractivity contribution < 1.29 is 14.3 Å². The molecule has 6 heteroatoms. The first-order chi connectivity index (χ1) is 13.9. The summed E-state index contributed by atoms with van der Waals surface area (Å²) in [4.78, 5) is 30.1. The Hall–Kier alpha value is -3.12. The van der Waals surface area contributed by atoms with Gasteiger partial charge in [-0.05, 0) is 56.2 Å². The third-order valence-corrected chi connectivity index (χ3v) is 5.33. The van der Waals surface area contributed by atoms with Crippen LogP contribution >= 0.6 is 11.8 Å². The van der Waals surface area contributed by atoms with Crippen LogP contribution in [0.3, 0.4) is 0 Å². The molecule has 0 bridgehead atoms. The quantitative estimate of drug-likeness (QED) is 0.587. The van der Waals surface area contributed by atoms with Crippen molar-refractivity contribution in [3.05, 3.63) is 83.0 Å². The van der Waals surface area contributed by atoms with Gasteiger partial charge in [0.2, 0.25) is 0 Å². The molecule has 0 spiro atoms. The molecule has 5 nitrogen and oxygen atoms in total. The Balaban J connectivity index is 1.65. The van der Waals surface area contributed by atoms with E-state index in [-0.39, 0.29) is 12.5 Å². The molecule has 0 aliphatic rings. The molecule has 0 fully saturated rings. The van der Waals surface area contributed by atoms with Crippen LogP contribution in [0.5, 0.6) is 0 Å². The SMILES string of the molecule is Cc1ccc(Sc2ncccc2C(=O)OCC(=O)Nc2c(C)cccc2C)cc1. The third kappa shape index (κ3) is 5.45. The summed E-state index contributed by atoms with van der Waals surface area (Å²) >= 11 is 1.38. The van der Waals surface area contributed by atoms with Gasteiger partial charge in [-0.2, -0.15) is 0 Å². The van der Waals surface area contributed by atoms with Gasteiger partial charge in [-0.3, -0.25) is 4.79 Å². The number of aromatic nitrogens is 1. The van der Waals surface area contributed by atoms with Gasteiger partial charge in [0.15, 0.2) is 6.61 Å². The lowest BCUT2D eigenvalue weighted by molar-refractivity contribution is -0.119. The Labute approximate surface area is 174 Å². The molecule has 2 aromatic carbocycles. The fraction of sp³-hybridized carbons (Fsp3) is 0.174. The average Bonchev–Trinajstić information content (AvgIpc) is 2.71. The number of hydrogen-bond donors (Lipinski definition) is 1. The van der Waals surface area contributed by atoms with E-state index < -0.39 is 5.97 Å². The van der Waals surface area contributed by atoms with Crippen LogP contribution in [-0.4, -0.2) is 23.5 Å². The number of carbonyl (C=O) groups is 2. The predicted octanol–water partition coefficient (Wildman–Crippen LogP) is 4.95. The van der Waals surface area contributed by atoms with E-state index in [1.807, 2.05) is 63.2 Å². The monoisotopic (exact) mass is 406 g/mol. The van der Waals surface area contributed by atoms with Crippen LogP contribution in [0.25, 0.3) is 0 Å². The van der Waals surface area contributed by atoms with Gasteiger partial charge >= 0.3 is 5.97 Å². The zero-order chi connectivity index (χ0) is 20.8. The van der Waals surface area contributed by atoms with Gasteiger partial charge in [-0.25, -0.2) is 9.78 Å². The molecule has 3 aromatic rings. The van der Waals surface area contributed by atoms with Gasteiger partial charge < -0.3 is 10.1 Å². The van der Waals surface area contributed by atoms with E-state index in [9.17, 15) is 9.59 Å². The number of para-hydroxylation sites is 1. The van der Waals surface area contributed by atoms with Crippen LogP contribution in [0.2, 0.25) is 0 Å². The maximum absolute atomic E-state index is 12.5.